The second-order valence-electron chi connectivity index (χ2n) is 5.93. The molecule has 1 unspecified atom stereocenters. The van der Waals surface area contributed by atoms with Gasteiger partial charge in [-0.05, 0) is 25.8 Å². The number of hydrogen-bond donors (Lipinski definition) is 2. The summed E-state index contributed by atoms with van der Waals surface area (Å²) in [5.41, 5.74) is 6.08. The van der Waals surface area contributed by atoms with Crippen LogP contribution >= 0.6 is 0 Å². The molecule has 1 aliphatic heterocycles. The van der Waals surface area contributed by atoms with Crippen molar-refractivity contribution in [3.05, 3.63) is 39.4 Å². The number of benzene rings is 1. The van der Waals surface area contributed by atoms with Gasteiger partial charge in [-0.3, -0.25) is 19.7 Å². The van der Waals surface area contributed by atoms with Gasteiger partial charge in [0.15, 0.2) is 0 Å². The number of nitrogens with two attached hydrogens (primary N) is 1. The molecule has 1 heterocycles. The topological polar surface area (TPSA) is 119 Å². The molecule has 2 amide bonds. The van der Waals surface area contributed by atoms with Crippen LogP contribution in [0, 0.1) is 23.0 Å². The molecule has 1 fully saturated rings. The second-order valence-corrected chi connectivity index (χ2v) is 5.93. The molecule has 1 atom stereocenters. The largest absolute Gasteiger partial charge is 0.355 e. The van der Waals surface area contributed by atoms with Gasteiger partial charge in [0, 0.05) is 43.4 Å². The van der Waals surface area contributed by atoms with Crippen LogP contribution in [0.25, 0.3) is 0 Å². The smallest absolute Gasteiger partial charge is 0.273 e. The third-order valence-electron chi connectivity index (χ3n) is 4.18. The van der Waals surface area contributed by atoms with E-state index in [1.165, 1.54) is 6.07 Å². The van der Waals surface area contributed by atoms with Crippen molar-refractivity contribution < 1.29 is 14.5 Å². The Balaban J connectivity index is 2.10. The van der Waals surface area contributed by atoms with Crippen LogP contribution in [-0.4, -0.2) is 47.8 Å². The first-order chi connectivity index (χ1) is 11.4. The molecule has 24 heavy (non-hydrogen) atoms. The highest BCUT2D eigenvalue weighted by Gasteiger charge is 2.29. The number of nitrogens with one attached hydrogen (secondary N) is 1. The molecule has 0 saturated carbocycles. The van der Waals surface area contributed by atoms with Crippen LogP contribution in [0.4, 0.5) is 5.69 Å². The maximum absolute atomic E-state index is 12.6. The van der Waals surface area contributed by atoms with Gasteiger partial charge in [0.05, 0.1) is 10.8 Å². The predicted molar refractivity (Wildman–Crippen MR) is 88.5 cm³/mol. The monoisotopic (exact) mass is 334 g/mol. The summed E-state index contributed by atoms with van der Waals surface area (Å²) in [6.45, 7) is 3.27. The van der Waals surface area contributed by atoms with Crippen LogP contribution in [0.5, 0.6) is 0 Å². The molecule has 1 aromatic rings. The first-order valence-corrected chi connectivity index (χ1v) is 7.96. The maximum Gasteiger partial charge on any atom is 0.273 e. The zero-order chi connectivity index (χ0) is 17.7. The number of likely N-dealkylation sites (tertiary alicyclic amines) is 1. The molecule has 130 valence electrons. The van der Waals surface area contributed by atoms with Gasteiger partial charge < -0.3 is 16.0 Å². The van der Waals surface area contributed by atoms with E-state index in [0.29, 0.717) is 38.2 Å². The van der Waals surface area contributed by atoms with E-state index in [2.05, 4.69) is 5.32 Å². The van der Waals surface area contributed by atoms with Gasteiger partial charge in [-0.2, -0.15) is 0 Å². The van der Waals surface area contributed by atoms with Gasteiger partial charge in [-0.1, -0.05) is 6.07 Å². The highest BCUT2D eigenvalue weighted by atomic mass is 16.6. The fourth-order valence-corrected chi connectivity index (χ4v) is 2.84. The maximum atomic E-state index is 12.6. The number of nitro groups is 1. The Labute approximate surface area is 140 Å². The van der Waals surface area contributed by atoms with Crippen molar-refractivity contribution in [1.29, 1.82) is 0 Å². The zero-order valence-corrected chi connectivity index (χ0v) is 13.7. The summed E-state index contributed by atoms with van der Waals surface area (Å²) in [5, 5.41) is 13.8. The van der Waals surface area contributed by atoms with Gasteiger partial charge >= 0.3 is 0 Å². The second kappa shape index (κ2) is 7.87. The molecule has 0 spiro atoms. The number of rotatable bonds is 5. The van der Waals surface area contributed by atoms with Gasteiger partial charge in [0.2, 0.25) is 5.91 Å². The van der Waals surface area contributed by atoms with E-state index in [1.807, 2.05) is 0 Å². The lowest BCUT2D eigenvalue weighted by Crippen LogP contribution is -2.46. The van der Waals surface area contributed by atoms with Crippen LogP contribution in [-0.2, 0) is 4.79 Å². The summed E-state index contributed by atoms with van der Waals surface area (Å²) in [6, 6.07) is 4.46. The number of nitro benzene ring substituents is 1. The summed E-state index contributed by atoms with van der Waals surface area (Å²) in [6.07, 6.45) is 1.44. The predicted octanol–water partition coefficient (Wildman–Crippen LogP) is 0.830. The van der Waals surface area contributed by atoms with Gasteiger partial charge in [-0.15, -0.1) is 0 Å². The molecule has 0 bridgehead atoms. The van der Waals surface area contributed by atoms with Gasteiger partial charge in [-0.25, -0.2) is 0 Å². The Morgan fingerprint density at radius 1 is 1.46 bits per heavy atom. The lowest BCUT2D eigenvalue weighted by atomic mass is 9.96. The van der Waals surface area contributed by atoms with E-state index in [1.54, 1.807) is 24.0 Å². The van der Waals surface area contributed by atoms with Gasteiger partial charge in [0.25, 0.3) is 11.6 Å². The Kier molecular flexibility index (Phi) is 5.86. The molecular formula is C16H22N4O4. The summed E-state index contributed by atoms with van der Waals surface area (Å²) in [7, 11) is 0. The van der Waals surface area contributed by atoms with E-state index in [4.69, 9.17) is 5.73 Å². The number of aryl methyl sites for hydroxylation is 1. The summed E-state index contributed by atoms with van der Waals surface area (Å²) >= 11 is 0. The van der Waals surface area contributed by atoms with Crippen molar-refractivity contribution in [2.24, 2.45) is 11.7 Å². The fraction of sp³-hybridized carbons (Fsp3) is 0.500. The molecule has 3 N–H and O–H groups in total. The quantitative estimate of drug-likeness (QED) is 0.611. The molecule has 0 aromatic heterocycles. The Morgan fingerprint density at radius 2 is 2.21 bits per heavy atom. The van der Waals surface area contributed by atoms with Crippen molar-refractivity contribution in [2.75, 3.05) is 26.2 Å². The SMILES string of the molecule is Cc1ccc(C(=O)N2CCCC(C(=O)NCCN)C2)cc1[N+](=O)[O-]. The van der Waals surface area contributed by atoms with Crippen LogP contribution in [0.3, 0.4) is 0 Å². The highest BCUT2D eigenvalue weighted by Crippen LogP contribution is 2.23. The van der Waals surface area contributed by atoms with Crippen LogP contribution in [0.1, 0.15) is 28.8 Å². The number of nitrogens with zero attached hydrogens (tertiary/aromatic N) is 2. The molecule has 8 heteroatoms. The third-order valence-corrected chi connectivity index (χ3v) is 4.18. The molecular weight excluding hydrogens is 312 g/mol. The Hall–Kier alpha value is -2.48. The van der Waals surface area contributed by atoms with Gasteiger partial charge in [0.1, 0.15) is 0 Å². The van der Waals surface area contributed by atoms with Crippen LogP contribution in [0.15, 0.2) is 18.2 Å². The first kappa shape index (κ1) is 17.9. The number of piperidine rings is 1. The minimum atomic E-state index is -0.495. The standard InChI is InChI=1S/C16H22N4O4/c1-11-4-5-12(9-14(11)20(23)24)16(22)19-8-2-3-13(10-19)15(21)18-7-6-17/h4-5,9,13H,2-3,6-8,10,17H2,1H3,(H,18,21). The van der Waals surface area contributed by atoms with E-state index in [9.17, 15) is 19.7 Å². The number of hydrogen-bond acceptors (Lipinski definition) is 5. The first-order valence-electron chi connectivity index (χ1n) is 7.96. The van der Waals surface area contributed by atoms with Crippen molar-refractivity contribution >= 4 is 17.5 Å². The molecule has 1 aliphatic rings. The molecule has 2 rings (SSSR count). The number of carbonyl (C=O) groups excluding carboxylic acids is 2. The minimum absolute atomic E-state index is 0.0740. The molecule has 1 saturated heterocycles. The van der Waals surface area contributed by atoms with E-state index in [0.717, 1.165) is 6.42 Å². The zero-order valence-electron chi connectivity index (χ0n) is 13.7. The highest BCUT2D eigenvalue weighted by molar-refractivity contribution is 5.95. The lowest BCUT2D eigenvalue weighted by molar-refractivity contribution is -0.385. The summed E-state index contributed by atoms with van der Waals surface area (Å²) in [5.74, 6) is -0.656. The van der Waals surface area contributed by atoms with Crippen LogP contribution < -0.4 is 11.1 Å². The average Bonchev–Trinajstić information content (AvgIpc) is 2.59. The summed E-state index contributed by atoms with van der Waals surface area (Å²) in [4.78, 5) is 36.8. The third kappa shape index (κ3) is 4.08. The van der Waals surface area contributed by atoms with E-state index >= 15 is 0 Å². The molecule has 0 radical (unpaired) electrons. The lowest BCUT2D eigenvalue weighted by Gasteiger charge is -2.32. The molecule has 0 aliphatic carbocycles. The van der Waals surface area contributed by atoms with Crippen molar-refractivity contribution in [3.8, 4) is 0 Å². The molecule has 8 nitrogen and oxygen atoms in total. The summed E-state index contributed by atoms with van der Waals surface area (Å²) < 4.78 is 0. The normalized spacial score (nSPS) is 17.4. The van der Waals surface area contributed by atoms with E-state index in [-0.39, 0.29) is 29.0 Å². The minimum Gasteiger partial charge on any atom is -0.355 e. The van der Waals surface area contributed by atoms with Crippen molar-refractivity contribution in [1.82, 2.24) is 10.2 Å². The molecule has 1 aromatic carbocycles. The number of carbonyl (C=O) groups is 2. The fourth-order valence-electron chi connectivity index (χ4n) is 2.84. The number of amides is 2. The van der Waals surface area contributed by atoms with Crippen LogP contribution in [0.2, 0.25) is 0 Å². The Bertz CT molecular complexity index is 647. The van der Waals surface area contributed by atoms with E-state index < -0.39 is 4.92 Å². The van der Waals surface area contributed by atoms with Crippen molar-refractivity contribution in [2.45, 2.75) is 19.8 Å². The average molecular weight is 334 g/mol. The van der Waals surface area contributed by atoms with Crippen molar-refractivity contribution in [3.63, 3.8) is 0 Å². The Morgan fingerprint density at radius 3 is 2.88 bits per heavy atom.